The van der Waals surface area contributed by atoms with Gasteiger partial charge in [0.1, 0.15) is 5.82 Å². The van der Waals surface area contributed by atoms with E-state index in [1.165, 1.54) is 12.1 Å². The number of halogens is 1. The molecule has 1 aromatic carbocycles. The summed E-state index contributed by atoms with van der Waals surface area (Å²) < 4.78 is 13.0. The molecule has 0 aliphatic rings. The highest BCUT2D eigenvalue weighted by atomic mass is 19.1. The van der Waals surface area contributed by atoms with Crippen molar-refractivity contribution in [2.45, 2.75) is 19.9 Å². The molecule has 0 fully saturated rings. The van der Waals surface area contributed by atoms with Crippen LogP contribution < -0.4 is 5.73 Å². The maximum absolute atomic E-state index is 13.0. The average Bonchev–Trinajstić information content (AvgIpc) is 2.01. The second-order valence-electron chi connectivity index (χ2n) is 3.39. The van der Waals surface area contributed by atoms with Gasteiger partial charge in [-0.05, 0) is 37.1 Å². The summed E-state index contributed by atoms with van der Waals surface area (Å²) in [4.78, 5) is 0. The van der Waals surface area contributed by atoms with Crippen LogP contribution in [0.4, 0.5) is 4.39 Å². The Labute approximate surface area is 78.1 Å². The summed E-state index contributed by atoms with van der Waals surface area (Å²) in [5.74, 6) is -0.244. The van der Waals surface area contributed by atoms with E-state index >= 15 is 0 Å². The lowest BCUT2D eigenvalue weighted by molar-refractivity contribution is 0.622. The lowest BCUT2D eigenvalue weighted by Gasteiger charge is -2.12. The molecule has 0 amide bonds. The van der Waals surface area contributed by atoms with Crippen LogP contribution in [-0.4, -0.2) is 0 Å². The first-order valence-corrected chi connectivity index (χ1v) is 4.19. The Morgan fingerprint density at radius 2 is 2.08 bits per heavy atom. The highest BCUT2D eigenvalue weighted by Crippen LogP contribution is 2.19. The van der Waals surface area contributed by atoms with Gasteiger partial charge in [0.15, 0.2) is 0 Å². The third-order valence-electron chi connectivity index (χ3n) is 1.95. The molecule has 13 heavy (non-hydrogen) atoms. The fourth-order valence-electron chi connectivity index (χ4n) is 1.23. The topological polar surface area (TPSA) is 26.0 Å². The maximum atomic E-state index is 13.0. The Balaban J connectivity index is 3.07. The summed E-state index contributed by atoms with van der Waals surface area (Å²) in [5.41, 5.74) is 8.31. The van der Waals surface area contributed by atoms with Crippen molar-refractivity contribution >= 4 is 0 Å². The molecule has 2 heteroatoms. The van der Waals surface area contributed by atoms with Gasteiger partial charge in [0.2, 0.25) is 0 Å². The fourth-order valence-corrected chi connectivity index (χ4v) is 1.23. The maximum Gasteiger partial charge on any atom is 0.123 e. The molecule has 0 saturated carbocycles. The number of rotatable bonds is 2. The quantitative estimate of drug-likeness (QED) is 0.694. The Morgan fingerprint density at radius 1 is 1.46 bits per heavy atom. The van der Waals surface area contributed by atoms with Crippen LogP contribution >= 0.6 is 0 Å². The first-order valence-electron chi connectivity index (χ1n) is 4.19. The zero-order chi connectivity index (χ0) is 10.0. The number of aryl methyl sites for hydroxylation is 1. The molecular weight excluding hydrogens is 165 g/mol. The third-order valence-corrected chi connectivity index (χ3v) is 1.95. The van der Waals surface area contributed by atoms with Crippen molar-refractivity contribution < 1.29 is 4.39 Å². The SMILES string of the molecule is C=C(C)C(N)c1cc(C)cc(F)c1. The number of hydrogen-bond donors (Lipinski definition) is 1. The smallest absolute Gasteiger partial charge is 0.123 e. The van der Waals surface area contributed by atoms with Crippen molar-refractivity contribution in [3.63, 3.8) is 0 Å². The molecule has 2 N–H and O–H groups in total. The highest BCUT2D eigenvalue weighted by Gasteiger charge is 2.07. The van der Waals surface area contributed by atoms with Crippen molar-refractivity contribution in [1.29, 1.82) is 0 Å². The van der Waals surface area contributed by atoms with Crippen LogP contribution in [0.15, 0.2) is 30.4 Å². The second kappa shape index (κ2) is 3.71. The van der Waals surface area contributed by atoms with E-state index in [0.717, 1.165) is 16.7 Å². The fraction of sp³-hybridized carbons (Fsp3) is 0.273. The Morgan fingerprint density at radius 3 is 2.54 bits per heavy atom. The van der Waals surface area contributed by atoms with E-state index in [-0.39, 0.29) is 11.9 Å². The first-order chi connectivity index (χ1) is 6.00. The Kier molecular flexibility index (Phi) is 2.83. The molecule has 1 unspecified atom stereocenters. The minimum absolute atomic E-state index is 0.244. The predicted octanol–water partition coefficient (Wildman–Crippen LogP) is 2.71. The van der Waals surface area contributed by atoms with Crippen molar-refractivity contribution in [3.05, 3.63) is 47.3 Å². The van der Waals surface area contributed by atoms with Gasteiger partial charge < -0.3 is 5.73 Å². The van der Waals surface area contributed by atoms with Gasteiger partial charge in [-0.25, -0.2) is 4.39 Å². The minimum atomic E-state index is -0.269. The van der Waals surface area contributed by atoms with Crippen LogP contribution in [0.3, 0.4) is 0 Å². The molecule has 0 aromatic heterocycles. The van der Waals surface area contributed by atoms with Gasteiger partial charge in [0, 0.05) is 0 Å². The standard InChI is InChI=1S/C11H14FN/c1-7(2)11(13)9-4-8(3)5-10(12)6-9/h4-6,11H,1,13H2,2-3H3. The number of hydrogen-bond acceptors (Lipinski definition) is 1. The molecule has 1 rings (SSSR count). The Bertz CT molecular complexity index is 311. The number of benzene rings is 1. The zero-order valence-corrected chi connectivity index (χ0v) is 7.97. The zero-order valence-electron chi connectivity index (χ0n) is 7.97. The summed E-state index contributed by atoms with van der Waals surface area (Å²) >= 11 is 0. The second-order valence-corrected chi connectivity index (χ2v) is 3.39. The van der Waals surface area contributed by atoms with Crippen molar-refractivity contribution in [1.82, 2.24) is 0 Å². The molecule has 0 aliphatic heterocycles. The van der Waals surface area contributed by atoms with Gasteiger partial charge >= 0.3 is 0 Å². The van der Waals surface area contributed by atoms with Gasteiger partial charge in [0.25, 0.3) is 0 Å². The molecule has 70 valence electrons. The van der Waals surface area contributed by atoms with Crippen LogP contribution in [0.1, 0.15) is 24.1 Å². The van der Waals surface area contributed by atoms with Gasteiger partial charge in [-0.1, -0.05) is 18.2 Å². The summed E-state index contributed by atoms with van der Waals surface area (Å²) in [6.07, 6.45) is 0. The van der Waals surface area contributed by atoms with Crippen molar-refractivity contribution in [2.75, 3.05) is 0 Å². The summed E-state index contributed by atoms with van der Waals surface area (Å²) in [5, 5.41) is 0. The molecular formula is C11H14FN. The minimum Gasteiger partial charge on any atom is -0.321 e. The molecule has 0 spiro atoms. The van der Waals surface area contributed by atoms with E-state index in [1.54, 1.807) is 0 Å². The van der Waals surface area contributed by atoms with E-state index in [1.807, 2.05) is 19.9 Å². The lowest BCUT2D eigenvalue weighted by Crippen LogP contribution is -2.11. The molecule has 0 bridgehead atoms. The molecule has 0 heterocycles. The van der Waals surface area contributed by atoms with Gasteiger partial charge in [-0.2, -0.15) is 0 Å². The Hall–Kier alpha value is -1.15. The molecule has 1 aromatic rings. The molecule has 0 radical (unpaired) electrons. The van der Waals surface area contributed by atoms with E-state index in [4.69, 9.17) is 5.73 Å². The normalized spacial score (nSPS) is 12.6. The first kappa shape index (κ1) is 9.93. The van der Waals surface area contributed by atoms with Gasteiger partial charge in [-0.3, -0.25) is 0 Å². The van der Waals surface area contributed by atoms with Crippen LogP contribution in [-0.2, 0) is 0 Å². The van der Waals surface area contributed by atoms with Crippen LogP contribution in [0.2, 0.25) is 0 Å². The van der Waals surface area contributed by atoms with E-state index in [2.05, 4.69) is 6.58 Å². The number of nitrogens with two attached hydrogens (primary N) is 1. The van der Waals surface area contributed by atoms with E-state index in [9.17, 15) is 4.39 Å². The monoisotopic (exact) mass is 179 g/mol. The van der Waals surface area contributed by atoms with Gasteiger partial charge in [0.05, 0.1) is 6.04 Å². The van der Waals surface area contributed by atoms with Gasteiger partial charge in [-0.15, -0.1) is 0 Å². The largest absolute Gasteiger partial charge is 0.321 e. The summed E-state index contributed by atoms with van der Waals surface area (Å²) in [6, 6.07) is 4.54. The summed E-state index contributed by atoms with van der Waals surface area (Å²) in [7, 11) is 0. The van der Waals surface area contributed by atoms with Crippen molar-refractivity contribution in [2.24, 2.45) is 5.73 Å². The van der Waals surface area contributed by atoms with E-state index in [0.29, 0.717) is 0 Å². The highest BCUT2D eigenvalue weighted by molar-refractivity contribution is 5.30. The van der Waals surface area contributed by atoms with E-state index < -0.39 is 0 Å². The van der Waals surface area contributed by atoms with Crippen LogP contribution in [0.25, 0.3) is 0 Å². The third kappa shape index (κ3) is 2.39. The van der Waals surface area contributed by atoms with Crippen molar-refractivity contribution in [3.8, 4) is 0 Å². The van der Waals surface area contributed by atoms with Crippen LogP contribution in [0, 0.1) is 12.7 Å². The lowest BCUT2D eigenvalue weighted by atomic mass is 10.0. The molecule has 0 saturated heterocycles. The summed E-state index contributed by atoms with van der Waals surface area (Å²) in [6.45, 7) is 7.43. The van der Waals surface area contributed by atoms with Crippen LogP contribution in [0.5, 0.6) is 0 Å². The molecule has 1 atom stereocenters. The predicted molar refractivity (Wildman–Crippen MR) is 52.9 cm³/mol. The molecule has 1 nitrogen and oxygen atoms in total. The molecule has 0 aliphatic carbocycles. The average molecular weight is 179 g/mol.